The van der Waals surface area contributed by atoms with Gasteiger partial charge in [-0.05, 0) is 6.07 Å². The molecule has 0 amide bonds. The van der Waals surface area contributed by atoms with Crippen LogP contribution in [0.4, 0.5) is 0 Å². The highest BCUT2D eigenvalue weighted by Crippen LogP contribution is 2.12. The van der Waals surface area contributed by atoms with Gasteiger partial charge in [-0.3, -0.25) is 4.68 Å². The molecule has 16 heavy (non-hydrogen) atoms. The Bertz CT molecular complexity index is 588. The quantitative estimate of drug-likeness (QED) is 0.726. The molecular weight excluding hydrogens is 254 g/mol. The maximum absolute atomic E-state index is 11.1. The minimum Gasteiger partial charge on any atom is -0.302 e. The highest BCUT2D eigenvalue weighted by Gasteiger charge is 2.20. The average molecular weight is 262 g/mol. The van der Waals surface area contributed by atoms with Gasteiger partial charge in [0.25, 0.3) is 14.2 Å². The van der Waals surface area contributed by atoms with Crippen LogP contribution in [0.15, 0.2) is 23.6 Å². The zero-order chi connectivity index (χ0) is 11.8. The summed E-state index contributed by atoms with van der Waals surface area (Å²) in [5.74, 6) is 0.461. The van der Waals surface area contributed by atoms with Crippen molar-refractivity contribution in [3.05, 3.63) is 24.3 Å². The summed E-state index contributed by atoms with van der Waals surface area (Å²) in [6.45, 7) is 0.336. The molecule has 2 heterocycles. The molecule has 0 spiro atoms. The van der Waals surface area contributed by atoms with E-state index in [1.54, 1.807) is 23.1 Å². The topological polar surface area (TPSA) is 82.7 Å². The normalized spacial score (nSPS) is 11.9. The molecule has 0 aliphatic rings. The summed E-state index contributed by atoms with van der Waals surface area (Å²) < 4.78 is 25.1. The van der Waals surface area contributed by atoms with Gasteiger partial charge in [-0.15, -0.1) is 10.2 Å². The van der Waals surface area contributed by atoms with Crippen molar-refractivity contribution in [1.29, 1.82) is 0 Å². The van der Waals surface area contributed by atoms with Crippen LogP contribution in [0.5, 0.6) is 0 Å². The second-order valence-corrected chi connectivity index (χ2v) is 5.56. The van der Waals surface area contributed by atoms with Crippen molar-refractivity contribution in [1.82, 2.24) is 24.5 Å². The largest absolute Gasteiger partial charge is 0.302 e. The Morgan fingerprint density at radius 2 is 2.19 bits per heavy atom. The molecule has 0 N–H and O–H groups in total. The molecule has 2 aromatic heterocycles. The summed E-state index contributed by atoms with van der Waals surface area (Å²) in [6, 6.07) is 1.76. The van der Waals surface area contributed by atoms with Gasteiger partial charge in [0.15, 0.2) is 5.82 Å². The Balaban J connectivity index is 2.35. The highest BCUT2D eigenvalue weighted by molar-refractivity contribution is 8.13. The van der Waals surface area contributed by atoms with E-state index in [2.05, 4.69) is 15.3 Å². The van der Waals surface area contributed by atoms with Gasteiger partial charge < -0.3 is 4.57 Å². The molecule has 0 saturated carbocycles. The van der Waals surface area contributed by atoms with E-state index in [-0.39, 0.29) is 5.16 Å². The van der Waals surface area contributed by atoms with E-state index in [9.17, 15) is 8.42 Å². The van der Waals surface area contributed by atoms with Crippen molar-refractivity contribution in [3.63, 3.8) is 0 Å². The zero-order valence-corrected chi connectivity index (χ0v) is 9.85. The minimum absolute atomic E-state index is 0.267. The van der Waals surface area contributed by atoms with E-state index >= 15 is 0 Å². The number of nitrogens with zero attached hydrogens (tertiary/aromatic N) is 5. The Morgan fingerprint density at radius 1 is 1.44 bits per heavy atom. The Hall–Kier alpha value is -1.41. The third kappa shape index (κ3) is 2.07. The molecule has 0 atom stereocenters. The number of halogens is 1. The van der Waals surface area contributed by atoms with Crippen molar-refractivity contribution in [2.24, 2.45) is 7.05 Å². The number of hydrogen-bond donors (Lipinski definition) is 0. The van der Waals surface area contributed by atoms with Crippen LogP contribution < -0.4 is 0 Å². The van der Waals surface area contributed by atoms with Crippen molar-refractivity contribution >= 4 is 19.7 Å². The van der Waals surface area contributed by atoms with Crippen molar-refractivity contribution < 1.29 is 8.42 Å². The van der Waals surface area contributed by atoms with Gasteiger partial charge >= 0.3 is 0 Å². The highest BCUT2D eigenvalue weighted by atomic mass is 35.7. The van der Waals surface area contributed by atoms with Gasteiger partial charge in [0.1, 0.15) is 6.54 Å². The lowest BCUT2D eigenvalue weighted by molar-refractivity contribution is 0.583. The third-order valence-electron chi connectivity index (χ3n) is 2.01. The summed E-state index contributed by atoms with van der Waals surface area (Å²) in [6.07, 6.45) is 3.36. The Labute approximate surface area is 96.1 Å². The molecule has 0 saturated heterocycles. The predicted molar refractivity (Wildman–Crippen MR) is 55.4 cm³/mol. The molecule has 0 aliphatic heterocycles. The van der Waals surface area contributed by atoms with Crippen LogP contribution in [0.3, 0.4) is 0 Å². The van der Waals surface area contributed by atoms with Gasteiger partial charge in [-0.25, -0.2) is 8.42 Å². The summed E-state index contributed by atoms with van der Waals surface area (Å²) in [4.78, 5) is 0. The van der Waals surface area contributed by atoms with Gasteiger partial charge in [0.2, 0.25) is 0 Å². The minimum atomic E-state index is -3.86. The van der Waals surface area contributed by atoms with Crippen molar-refractivity contribution in [2.45, 2.75) is 11.7 Å². The monoisotopic (exact) mass is 261 g/mol. The van der Waals surface area contributed by atoms with Gasteiger partial charge in [-0.2, -0.15) is 5.10 Å². The SMILES string of the molecule is Cn1c(Cn2cccn2)nnc1S(=O)(=O)Cl. The third-order valence-corrected chi connectivity index (χ3v) is 3.21. The Kier molecular flexibility index (Phi) is 2.68. The number of rotatable bonds is 3. The fourth-order valence-electron chi connectivity index (χ4n) is 1.23. The molecule has 2 rings (SSSR count). The van der Waals surface area contributed by atoms with Crippen molar-refractivity contribution in [3.8, 4) is 0 Å². The van der Waals surface area contributed by atoms with Gasteiger partial charge in [-0.1, -0.05) is 0 Å². The fourth-order valence-corrected chi connectivity index (χ4v) is 2.21. The first-order valence-electron chi connectivity index (χ1n) is 4.29. The van der Waals surface area contributed by atoms with Crippen LogP contribution in [0.25, 0.3) is 0 Å². The van der Waals surface area contributed by atoms with Crippen LogP contribution in [-0.2, 0) is 22.6 Å². The lowest BCUT2D eigenvalue weighted by atomic mass is 10.6. The first-order chi connectivity index (χ1) is 7.48. The van der Waals surface area contributed by atoms with E-state index in [1.807, 2.05) is 0 Å². The summed E-state index contributed by atoms with van der Waals surface area (Å²) in [7, 11) is 2.86. The van der Waals surface area contributed by atoms with Crippen LogP contribution in [0, 0.1) is 0 Å². The molecule has 9 heteroatoms. The summed E-state index contributed by atoms with van der Waals surface area (Å²) in [5, 5.41) is 11.0. The van der Waals surface area contributed by atoms with Crippen LogP contribution >= 0.6 is 10.7 Å². The van der Waals surface area contributed by atoms with E-state index in [4.69, 9.17) is 10.7 Å². The van der Waals surface area contributed by atoms with Gasteiger partial charge in [0, 0.05) is 30.1 Å². The fraction of sp³-hybridized carbons (Fsp3) is 0.286. The second kappa shape index (κ2) is 3.87. The first-order valence-corrected chi connectivity index (χ1v) is 6.60. The van der Waals surface area contributed by atoms with Crippen LogP contribution in [-0.4, -0.2) is 33.0 Å². The molecule has 2 aromatic rings. The zero-order valence-electron chi connectivity index (χ0n) is 8.28. The smallest absolute Gasteiger partial charge is 0.296 e. The Morgan fingerprint density at radius 3 is 2.69 bits per heavy atom. The van der Waals surface area contributed by atoms with E-state index in [0.29, 0.717) is 12.4 Å². The second-order valence-electron chi connectivity index (χ2n) is 3.10. The molecule has 7 nitrogen and oxygen atoms in total. The molecule has 0 aliphatic carbocycles. The molecule has 0 radical (unpaired) electrons. The number of aromatic nitrogens is 5. The van der Waals surface area contributed by atoms with Gasteiger partial charge in [0.05, 0.1) is 0 Å². The van der Waals surface area contributed by atoms with Crippen LogP contribution in [0.1, 0.15) is 5.82 Å². The maximum Gasteiger partial charge on any atom is 0.296 e. The predicted octanol–water partition coefficient (Wildman–Crippen LogP) is -0.0126. The molecule has 0 bridgehead atoms. The maximum atomic E-state index is 11.1. The standard InChI is InChI=1S/C7H8ClN5O2S/c1-12-6(5-13-4-2-3-9-13)10-11-7(12)16(8,14)15/h2-4H,5H2,1H3. The molecule has 0 aromatic carbocycles. The first kappa shape index (κ1) is 11.1. The molecule has 0 fully saturated rings. The van der Waals surface area contributed by atoms with E-state index in [0.717, 1.165) is 0 Å². The van der Waals surface area contributed by atoms with E-state index < -0.39 is 9.05 Å². The van der Waals surface area contributed by atoms with E-state index in [1.165, 1.54) is 11.6 Å². The van der Waals surface area contributed by atoms with Crippen LogP contribution in [0.2, 0.25) is 0 Å². The number of hydrogen-bond acceptors (Lipinski definition) is 5. The molecule has 0 unspecified atom stereocenters. The van der Waals surface area contributed by atoms with Crippen molar-refractivity contribution in [2.75, 3.05) is 0 Å². The average Bonchev–Trinajstić information content (AvgIpc) is 2.76. The lowest BCUT2D eigenvalue weighted by Gasteiger charge is -2.01. The summed E-state index contributed by atoms with van der Waals surface area (Å²) >= 11 is 0. The molecular formula is C7H8ClN5O2S. The summed E-state index contributed by atoms with van der Waals surface area (Å²) in [5.41, 5.74) is 0. The lowest BCUT2D eigenvalue weighted by Crippen LogP contribution is -2.09. The molecule has 86 valence electrons.